The molecule has 0 aromatic carbocycles. The molecule has 0 aliphatic carbocycles. The molecule has 0 aromatic heterocycles. The number of ether oxygens (including phenoxy) is 1. The lowest BCUT2D eigenvalue weighted by atomic mass is 10.1. The number of carboxylic acid groups (broad SMARTS) is 1. The normalized spacial score (nSPS) is 12.4. The Morgan fingerprint density at radius 3 is 2.26 bits per heavy atom. The lowest BCUT2D eigenvalue weighted by Gasteiger charge is -2.20. The Balaban J connectivity index is 4.07. The molecule has 0 aromatic rings. The number of amides is 2. The largest absolute Gasteiger partial charge is 0.481 e. The standard InChI is InChI=1S/C12H22N2O5/c1-8(15)14-9(7-10(16)17)5-6-13-11(18)19-12(2,3)4/h9H,5-7H2,1-4H3,(H,13,18)(H,14,15)(H,16,17). The molecule has 0 rings (SSSR count). The molecule has 7 heteroatoms. The molecule has 1 unspecified atom stereocenters. The van der Waals surface area contributed by atoms with Gasteiger partial charge in [0.05, 0.1) is 6.42 Å². The number of rotatable bonds is 6. The van der Waals surface area contributed by atoms with Gasteiger partial charge in [-0.05, 0) is 27.2 Å². The maximum absolute atomic E-state index is 11.3. The van der Waals surface area contributed by atoms with Crippen molar-refractivity contribution in [1.82, 2.24) is 10.6 Å². The van der Waals surface area contributed by atoms with E-state index in [1.165, 1.54) is 6.92 Å². The maximum Gasteiger partial charge on any atom is 0.407 e. The molecular weight excluding hydrogens is 252 g/mol. The zero-order chi connectivity index (χ0) is 15.1. The summed E-state index contributed by atoms with van der Waals surface area (Å²) >= 11 is 0. The van der Waals surface area contributed by atoms with Crippen LogP contribution in [0.5, 0.6) is 0 Å². The highest BCUT2D eigenvalue weighted by atomic mass is 16.6. The van der Waals surface area contributed by atoms with E-state index < -0.39 is 23.7 Å². The quantitative estimate of drug-likeness (QED) is 0.667. The van der Waals surface area contributed by atoms with Crippen molar-refractivity contribution in [3.8, 4) is 0 Å². The smallest absolute Gasteiger partial charge is 0.407 e. The Hall–Kier alpha value is -1.79. The number of aliphatic carboxylic acids is 1. The first-order valence-electron chi connectivity index (χ1n) is 6.06. The molecule has 0 heterocycles. The molecule has 7 nitrogen and oxygen atoms in total. The van der Waals surface area contributed by atoms with Gasteiger partial charge < -0.3 is 20.5 Å². The fraction of sp³-hybridized carbons (Fsp3) is 0.750. The predicted molar refractivity (Wildman–Crippen MR) is 68.7 cm³/mol. The molecule has 3 N–H and O–H groups in total. The maximum atomic E-state index is 11.3. The van der Waals surface area contributed by atoms with Crippen LogP contribution in [0.25, 0.3) is 0 Å². The zero-order valence-electron chi connectivity index (χ0n) is 11.8. The number of carbonyl (C=O) groups excluding carboxylic acids is 2. The van der Waals surface area contributed by atoms with Gasteiger partial charge in [0.15, 0.2) is 0 Å². The third-order valence-corrected chi connectivity index (χ3v) is 1.99. The van der Waals surface area contributed by atoms with E-state index >= 15 is 0 Å². The minimum atomic E-state index is -1.00. The topological polar surface area (TPSA) is 105 Å². The van der Waals surface area contributed by atoms with E-state index in [2.05, 4.69) is 10.6 Å². The summed E-state index contributed by atoms with van der Waals surface area (Å²) in [4.78, 5) is 32.9. The minimum absolute atomic E-state index is 0.185. The molecule has 19 heavy (non-hydrogen) atoms. The second kappa shape index (κ2) is 7.60. The van der Waals surface area contributed by atoms with Gasteiger partial charge in [0.1, 0.15) is 5.60 Å². The number of hydrogen-bond acceptors (Lipinski definition) is 4. The number of carbonyl (C=O) groups is 3. The monoisotopic (exact) mass is 274 g/mol. The molecule has 0 bridgehead atoms. The SMILES string of the molecule is CC(=O)NC(CCNC(=O)OC(C)(C)C)CC(=O)O. The van der Waals surface area contributed by atoms with Crippen LogP contribution in [0.15, 0.2) is 0 Å². The van der Waals surface area contributed by atoms with E-state index in [0.717, 1.165) is 0 Å². The molecule has 0 aliphatic rings. The van der Waals surface area contributed by atoms with Crippen LogP contribution in [-0.2, 0) is 14.3 Å². The van der Waals surface area contributed by atoms with Gasteiger partial charge >= 0.3 is 12.1 Å². The summed E-state index contributed by atoms with van der Waals surface area (Å²) in [5, 5.41) is 13.7. The fourth-order valence-corrected chi connectivity index (χ4v) is 1.39. The average Bonchev–Trinajstić information content (AvgIpc) is 2.11. The van der Waals surface area contributed by atoms with Crippen LogP contribution in [0.2, 0.25) is 0 Å². The molecule has 0 saturated heterocycles. The fourth-order valence-electron chi connectivity index (χ4n) is 1.39. The third-order valence-electron chi connectivity index (χ3n) is 1.99. The van der Waals surface area contributed by atoms with Crippen molar-refractivity contribution in [3.63, 3.8) is 0 Å². The highest BCUT2D eigenvalue weighted by Crippen LogP contribution is 2.06. The Bertz CT molecular complexity index is 320. The van der Waals surface area contributed by atoms with Crippen molar-refractivity contribution in [1.29, 1.82) is 0 Å². The van der Waals surface area contributed by atoms with E-state index in [9.17, 15) is 14.4 Å². The minimum Gasteiger partial charge on any atom is -0.481 e. The van der Waals surface area contributed by atoms with E-state index in [-0.39, 0.29) is 18.9 Å². The number of nitrogens with one attached hydrogen (secondary N) is 2. The van der Waals surface area contributed by atoms with Crippen LogP contribution in [0, 0.1) is 0 Å². The van der Waals surface area contributed by atoms with Crippen LogP contribution in [0.4, 0.5) is 4.79 Å². The van der Waals surface area contributed by atoms with Gasteiger partial charge in [-0.3, -0.25) is 9.59 Å². The summed E-state index contributed by atoms with van der Waals surface area (Å²) in [6, 6.07) is -0.509. The summed E-state index contributed by atoms with van der Waals surface area (Å²) < 4.78 is 5.03. The summed E-state index contributed by atoms with van der Waals surface area (Å²) in [7, 11) is 0. The van der Waals surface area contributed by atoms with E-state index in [0.29, 0.717) is 6.42 Å². The Labute approximate surface area is 112 Å². The van der Waals surface area contributed by atoms with Gasteiger partial charge in [0, 0.05) is 19.5 Å². The Morgan fingerprint density at radius 2 is 1.84 bits per heavy atom. The summed E-state index contributed by atoms with van der Waals surface area (Å²) in [6.07, 6.45) is -0.426. The highest BCUT2D eigenvalue weighted by molar-refractivity contribution is 5.75. The van der Waals surface area contributed by atoms with E-state index in [1.807, 2.05) is 0 Å². The van der Waals surface area contributed by atoms with Crippen LogP contribution < -0.4 is 10.6 Å². The van der Waals surface area contributed by atoms with Gasteiger partial charge in [0.2, 0.25) is 5.91 Å². The van der Waals surface area contributed by atoms with Crippen molar-refractivity contribution in [2.75, 3.05) is 6.54 Å². The van der Waals surface area contributed by atoms with Crippen LogP contribution in [0.1, 0.15) is 40.5 Å². The summed E-state index contributed by atoms with van der Waals surface area (Å²) in [5.74, 6) is -1.31. The molecule has 0 saturated carbocycles. The van der Waals surface area contributed by atoms with Gasteiger partial charge in [-0.1, -0.05) is 0 Å². The lowest BCUT2D eigenvalue weighted by molar-refractivity contribution is -0.137. The van der Waals surface area contributed by atoms with E-state index in [1.54, 1.807) is 20.8 Å². The molecule has 0 radical (unpaired) electrons. The van der Waals surface area contributed by atoms with Crippen molar-refractivity contribution in [2.24, 2.45) is 0 Å². The number of alkyl carbamates (subject to hydrolysis) is 1. The Kier molecular flexibility index (Phi) is 6.89. The van der Waals surface area contributed by atoms with Gasteiger partial charge in [-0.2, -0.15) is 0 Å². The van der Waals surface area contributed by atoms with Crippen molar-refractivity contribution < 1.29 is 24.2 Å². The second-order valence-electron chi connectivity index (χ2n) is 5.21. The second-order valence-corrected chi connectivity index (χ2v) is 5.21. The molecule has 110 valence electrons. The van der Waals surface area contributed by atoms with Crippen LogP contribution in [0.3, 0.4) is 0 Å². The number of hydrogen-bond donors (Lipinski definition) is 3. The van der Waals surface area contributed by atoms with Gasteiger partial charge in [-0.15, -0.1) is 0 Å². The van der Waals surface area contributed by atoms with Crippen molar-refractivity contribution >= 4 is 18.0 Å². The lowest BCUT2D eigenvalue weighted by Crippen LogP contribution is -2.39. The van der Waals surface area contributed by atoms with Crippen molar-refractivity contribution in [2.45, 2.75) is 52.2 Å². The zero-order valence-corrected chi connectivity index (χ0v) is 11.8. The molecule has 0 fully saturated rings. The van der Waals surface area contributed by atoms with Crippen LogP contribution >= 0.6 is 0 Å². The molecule has 0 spiro atoms. The summed E-state index contributed by atoms with van der Waals surface area (Å²) in [6.45, 7) is 6.79. The first-order chi connectivity index (χ1) is 8.60. The molecule has 2 amide bonds. The van der Waals surface area contributed by atoms with Crippen LogP contribution in [-0.4, -0.2) is 41.3 Å². The Morgan fingerprint density at radius 1 is 1.26 bits per heavy atom. The third kappa shape index (κ3) is 11.1. The highest BCUT2D eigenvalue weighted by Gasteiger charge is 2.17. The molecule has 1 atom stereocenters. The van der Waals surface area contributed by atoms with E-state index in [4.69, 9.17) is 9.84 Å². The first-order valence-corrected chi connectivity index (χ1v) is 6.06. The number of carboxylic acids is 1. The molecule has 0 aliphatic heterocycles. The van der Waals surface area contributed by atoms with Gasteiger partial charge in [-0.25, -0.2) is 4.79 Å². The predicted octanol–water partition coefficient (Wildman–Crippen LogP) is 0.881. The molecular formula is C12H22N2O5. The van der Waals surface area contributed by atoms with Crippen molar-refractivity contribution in [3.05, 3.63) is 0 Å². The first kappa shape index (κ1) is 17.2. The summed E-state index contributed by atoms with van der Waals surface area (Å²) in [5.41, 5.74) is -0.581. The van der Waals surface area contributed by atoms with Gasteiger partial charge in [0.25, 0.3) is 0 Å². The average molecular weight is 274 g/mol.